The maximum Gasteiger partial charge on any atom is 0.253 e. The Bertz CT molecular complexity index is 567. The molecular weight excluding hydrogens is 228 g/mol. The average molecular weight is 244 g/mol. The molecule has 18 heavy (non-hydrogen) atoms. The number of amides is 1. The van der Waals surface area contributed by atoms with Gasteiger partial charge < -0.3 is 16.2 Å². The molecule has 0 aliphatic heterocycles. The molecule has 4 N–H and O–H groups in total. The lowest BCUT2D eigenvalue weighted by molar-refractivity contribution is 0.0952. The Hall–Kier alpha value is -2.07. The van der Waals surface area contributed by atoms with E-state index in [9.17, 15) is 4.79 Å². The Balaban J connectivity index is 2.27. The first-order chi connectivity index (χ1) is 8.72. The van der Waals surface area contributed by atoms with Crippen molar-refractivity contribution in [2.75, 3.05) is 18.9 Å². The SMILES string of the molecule is Nc1cc2ccccc2cc1C(=O)NCCCO. The van der Waals surface area contributed by atoms with E-state index >= 15 is 0 Å². The fraction of sp³-hybridized carbons (Fsp3) is 0.214. The lowest BCUT2D eigenvalue weighted by atomic mass is 10.0. The molecule has 0 spiro atoms. The van der Waals surface area contributed by atoms with Crippen molar-refractivity contribution in [1.29, 1.82) is 0 Å². The Morgan fingerprint density at radius 3 is 2.56 bits per heavy atom. The van der Waals surface area contributed by atoms with Gasteiger partial charge in [-0.15, -0.1) is 0 Å². The van der Waals surface area contributed by atoms with Gasteiger partial charge in [-0.2, -0.15) is 0 Å². The Labute approximate surface area is 105 Å². The Morgan fingerprint density at radius 2 is 1.89 bits per heavy atom. The summed E-state index contributed by atoms with van der Waals surface area (Å²) in [5.41, 5.74) is 6.83. The average Bonchev–Trinajstić information content (AvgIpc) is 2.38. The molecule has 2 aromatic carbocycles. The summed E-state index contributed by atoms with van der Waals surface area (Å²) >= 11 is 0. The van der Waals surface area contributed by atoms with Crippen molar-refractivity contribution in [3.63, 3.8) is 0 Å². The predicted octanol–water partition coefficient (Wildman–Crippen LogP) is 1.53. The van der Waals surface area contributed by atoms with E-state index in [0.29, 0.717) is 24.2 Å². The number of carbonyl (C=O) groups excluding carboxylic acids is 1. The van der Waals surface area contributed by atoms with Gasteiger partial charge in [-0.3, -0.25) is 4.79 Å². The number of carbonyl (C=O) groups is 1. The summed E-state index contributed by atoms with van der Waals surface area (Å²) in [4.78, 5) is 11.9. The van der Waals surface area contributed by atoms with Crippen LogP contribution in [0.5, 0.6) is 0 Å². The van der Waals surface area contributed by atoms with Gasteiger partial charge >= 0.3 is 0 Å². The molecule has 0 fully saturated rings. The van der Waals surface area contributed by atoms with Crippen molar-refractivity contribution in [2.24, 2.45) is 0 Å². The zero-order valence-corrected chi connectivity index (χ0v) is 10.0. The molecule has 0 radical (unpaired) electrons. The molecule has 94 valence electrons. The first kappa shape index (κ1) is 12.4. The molecular formula is C14H16N2O2. The molecule has 0 atom stereocenters. The van der Waals surface area contributed by atoms with Crippen LogP contribution >= 0.6 is 0 Å². The van der Waals surface area contributed by atoms with Crippen LogP contribution in [-0.2, 0) is 0 Å². The third kappa shape index (κ3) is 2.60. The van der Waals surface area contributed by atoms with Crippen LogP contribution in [0.15, 0.2) is 36.4 Å². The molecule has 4 heteroatoms. The van der Waals surface area contributed by atoms with Crippen LogP contribution in [0.2, 0.25) is 0 Å². The first-order valence-corrected chi connectivity index (χ1v) is 5.89. The minimum atomic E-state index is -0.202. The van der Waals surface area contributed by atoms with Gasteiger partial charge in [-0.05, 0) is 29.3 Å². The third-order valence-electron chi connectivity index (χ3n) is 2.78. The molecule has 0 unspecified atom stereocenters. The highest BCUT2D eigenvalue weighted by Crippen LogP contribution is 2.21. The van der Waals surface area contributed by atoms with Crippen LogP contribution in [0, 0.1) is 0 Å². The summed E-state index contributed by atoms with van der Waals surface area (Å²) in [5.74, 6) is -0.202. The molecule has 0 aromatic heterocycles. The highest BCUT2D eigenvalue weighted by molar-refractivity contribution is 6.03. The van der Waals surface area contributed by atoms with E-state index in [0.717, 1.165) is 10.8 Å². The fourth-order valence-electron chi connectivity index (χ4n) is 1.83. The number of benzene rings is 2. The normalized spacial score (nSPS) is 10.5. The maximum absolute atomic E-state index is 11.9. The van der Waals surface area contributed by atoms with Crippen LogP contribution in [-0.4, -0.2) is 24.2 Å². The number of anilines is 1. The minimum absolute atomic E-state index is 0.0630. The molecule has 2 aromatic rings. The van der Waals surface area contributed by atoms with E-state index in [1.807, 2.05) is 24.3 Å². The van der Waals surface area contributed by atoms with Gasteiger partial charge in [0.1, 0.15) is 0 Å². The van der Waals surface area contributed by atoms with Gasteiger partial charge in [-0.1, -0.05) is 24.3 Å². The lowest BCUT2D eigenvalue weighted by Crippen LogP contribution is -2.25. The number of aliphatic hydroxyl groups is 1. The molecule has 4 nitrogen and oxygen atoms in total. The van der Waals surface area contributed by atoms with Crippen LogP contribution in [0.4, 0.5) is 5.69 Å². The number of fused-ring (bicyclic) bond motifs is 1. The zero-order chi connectivity index (χ0) is 13.0. The van der Waals surface area contributed by atoms with Gasteiger partial charge in [0.25, 0.3) is 5.91 Å². The van der Waals surface area contributed by atoms with E-state index in [1.54, 1.807) is 12.1 Å². The number of nitrogens with one attached hydrogen (secondary N) is 1. The van der Waals surface area contributed by atoms with E-state index < -0.39 is 0 Å². The lowest BCUT2D eigenvalue weighted by Gasteiger charge is -2.08. The van der Waals surface area contributed by atoms with Gasteiger partial charge in [0.2, 0.25) is 0 Å². The number of nitrogen functional groups attached to an aromatic ring is 1. The summed E-state index contributed by atoms with van der Waals surface area (Å²) in [6.45, 7) is 0.509. The van der Waals surface area contributed by atoms with Crippen molar-refractivity contribution < 1.29 is 9.90 Å². The molecule has 0 heterocycles. The molecule has 0 aliphatic carbocycles. The van der Waals surface area contributed by atoms with Crippen LogP contribution < -0.4 is 11.1 Å². The Kier molecular flexibility index (Phi) is 3.79. The first-order valence-electron chi connectivity index (χ1n) is 5.89. The molecule has 0 saturated heterocycles. The molecule has 0 saturated carbocycles. The molecule has 2 rings (SSSR count). The predicted molar refractivity (Wildman–Crippen MR) is 72.4 cm³/mol. The highest BCUT2D eigenvalue weighted by atomic mass is 16.3. The summed E-state index contributed by atoms with van der Waals surface area (Å²) < 4.78 is 0. The highest BCUT2D eigenvalue weighted by Gasteiger charge is 2.10. The largest absolute Gasteiger partial charge is 0.398 e. The van der Waals surface area contributed by atoms with Crippen LogP contribution in [0.3, 0.4) is 0 Å². The monoisotopic (exact) mass is 244 g/mol. The van der Waals surface area contributed by atoms with Crippen LogP contribution in [0.1, 0.15) is 16.8 Å². The number of hydrogen-bond acceptors (Lipinski definition) is 3. The summed E-state index contributed by atoms with van der Waals surface area (Å²) in [5, 5.41) is 13.4. The number of rotatable bonds is 4. The van der Waals surface area contributed by atoms with Gasteiger partial charge in [-0.25, -0.2) is 0 Å². The fourth-order valence-corrected chi connectivity index (χ4v) is 1.83. The van der Waals surface area contributed by atoms with Crippen molar-refractivity contribution >= 4 is 22.4 Å². The van der Waals surface area contributed by atoms with Gasteiger partial charge in [0.05, 0.1) is 5.56 Å². The summed E-state index contributed by atoms with van der Waals surface area (Å²) in [6, 6.07) is 11.3. The topological polar surface area (TPSA) is 75.4 Å². The van der Waals surface area contributed by atoms with Crippen molar-refractivity contribution in [3.8, 4) is 0 Å². The minimum Gasteiger partial charge on any atom is -0.398 e. The Morgan fingerprint density at radius 1 is 1.22 bits per heavy atom. The van der Waals surface area contributed by atoms with E-state index in [4.69, 9.17) is 10.8 Å². The number of nitrogens with two attached hydrogens (primary N) is 1. The van der Waals surface area contributed by atoms with Crippen molar-refractivity contribution in [2.45, 2.75) is 6.42 Å². The second-order valence-corrected chi connectivity index (χ2v) is 4.12. The second kappa shape index (κ2) is 5.51. The quantitative estimate of drug-likeness (QED) is 0.564. The number of hydrogen-bond donors (Lipinski definition) is 3. The standard InChI is InChI=1S/C14H16N2O2/c15-13-9-11-5-2-1-4-10(11)8-12(13)14(18)16-6-3-7-17/h1-2,4-5,8-9,17H,3,6-7,15H2,(H,16,18). The molecule has 1 amide bonds. The maximum atomic E-state index is 11.9. The molecule has 0 bridgehead atoms. The summed E-state index contributed by atoms with van der Waals surface area (Å²) in [6.07, 6.45) is 0.541. The van der Waals surface area contributed by atoms with E-state index in [2.05, 4.69) is 5.32 Å². The van der Waals surface area contributed by atoms with E-state index in [-0.39, 0.29) is 12.5 Å². The van der Waals surface area contributed by atoms with E-state index in [1.165, 1.54) is 0 Å². The van der Waals surface area contributed by atoms with Gasteiger partial charge in [0.15, 0.2) is 0 Å². The van der Waals surface area contributed by atoms with Crippen LogP contribution in [0.25, 0.3) is 10.8 Å². The number of aliphatic hydroxyl groups excluding tert-OH is 1. The second-order valence-electron chi connectivity index (χ2n) is 4.12. The zero-order valence-electron chi connectivity index (χ0n) is 10.0. The van der Waals surface area contributed by atoms with Gasteiger partial charge in [0, 0.05) is 18.8 Å². The summed E-state index contributed by atoms with van der Waals surface area (Å²) in [7, 11) is 0. The third-order valence-corrected chi connectivity index (χ3v) is 2.78. The molecule has 0 aliphatic rings. The van der Waals surface area contributed by atoms with Crippen molar-refractivity contribution in [3.05, 3.63) is 42.0 Å². The smallest absolute Gasteiger partial charge is 0.253 e. The van der Waals surface area contributed by atoms with Crippen molar-refractivity contribution in [1.82, 2.24) is 5.32 Å².